The van der Waals surface area contributed by atoms with E-state index in [1.807, 2.05) is 6.92 Å². The quantitative estimate of drug-likeness (QED) is 0.310. The molecule has 0 spiro atoms. The topological polar surface area (TPSA) is 58.6 Å². The molecule has 2 rings (SSSR count). The van der Waals surface area contributed by atoms with Crippen molar-refractivity contribution in [1.29, 1.82) is 0 Å². The average molecular weight is 514 g/mol. The summed E-state index contributed by atoms with van der Waals surface area (Å²) in [5, 5.41) is 4.51. The van der Waals surface area contributed by atoms with Crippen molar-refractivity contribution in [2.45, 2.75) is 58.5 Å². The summed E-state index contributed by atoms with van der Waals surface area (Å²) in [5.74, 6) is 0.372. The van der Waals surface area contributed by atoms with Gasteiger partial charge in [-0.15, -0.1) is 0 Å². The van der Waals surface area contributed by atoms with E-state index in [0.717, 1.165) is 12.8 Å². The van der Waals surface area contributed by atoms with Gasteiger partial charge in [-0.2, -0.15) is 0 Å². The number of benzene rings is 2. The molecule has 2 aromatic rings. The summed E-state index contributed by atoms with van der Waals surface area (Å²) in [6.07, 6.45) is 3.07. The van der Waals surface area contributed by atoms with Crippen LogP contribution in [0.25, 0.3) is 0 Å². The largest absolute Gasteiger partial charge is 0.494 e. The lowest BCUT2D eigenvalue weighted by Crippen LogP contribution is -2.49. The summed E-state index contributed by atoms with van der Waals surface area (Å²) >= 11 is 18.6. The molecule has 0 fully saturated rings. The Morgan fingerprint density at radius 2 is 1.67 bits per heavy atom. The van der Waals surface area contributed by atoms with E-state index in [1.165, 1.54) is 0 Å². The number of rotatable bonds is 13. The van der Waals surface area contributed by atoms with E-state index in [1.54, 1.807) is 47.4 Å². The molecule has 0 aliphatic rings. The zero-order chi connectivity index (χ0) is 24.2. The maximum atomic E-state index is 13.2. The van der Waals surface area contributed by atoms with Gasteiger partial charge in [-0.25, -0.2) is 0 Å². The third-order valence-electron chi connectivity index (χ3n) is 5.22. The molecular weight excluding hydrogens is 483 g/mol. The molecule has 33 heavy (non-hydrogen) atoms. The molecule has 0 aliphatic carbocycles. The Hall–Kier alpha value is -1.95. The highest BCUT2D eigenvalue weighted by Crippen LogP contribution is 2.27. The van der Waals surface area contributed by atoms with Crippen molar-refractivity contribution in [1.82, 2.24) is 10.2 Å². The predicted octanol–water partition coefficient (Wildman–Crippen LogP) is 6.53. The molecule has 2 amide bonds. The van der Waals surface area contributed by atoms with Gasteiger partial charge in [0.2, 0.25) is 11.8 Å². The second-order valence-corrected chi connectivity index (χ2v) is 8.95. The van der Waals surface area contributed by atoms with Gasteiger partial charge in [-0.1, -0.05) is 61.1 Å². The van der Waals surface area contributed by atoms with Crippen LogP contribution in [0, 0.1) is 0 Å². The second-order valence-electron chi connectivity index (χ2n) is 7.70. The Bertz CT molecular complexity index is 886. The molecule has 2 aromatic carbocycles. The lowest BCUT2D eigenvalue weighted by atomic mass is 10.1. The summed E-state index contributed by atoms with van der Waals surface area (Å²) < 4.78 is 5.70. The number of nitrogens with zero attached hydrogens (tertiary/aromatic N) is 1. The summed E-state index contributed by atoms with van der Waals surface area (Å²) in [5.41, 5.74) is 0.631. The van der Waals surface area contributed by atoms with Gasteiger partial charge in [0.15, 0.2) is 0 Å². The van der Waals surface area contributed by atoms with Crippen molar-refractivity contribution >= 4 is 46.6 Å². The van der Waals surface area contributed by atoms with Gasteiger partial charge in [-0.05, 0) is 55.7 Å². The van der Waals surface area contributed by atoms with Crippen molar-refractivity contribution in [2.75, 3.05) is 13.2 Å². The molecular formula is C25H31Cl3N2O3. The van der Waals surface area contributed by atoms with Gasteiger partial charge in [0, 0.05) is 40.1 Å². The Labute approximate surface area is 211 Å². The monoisotopic (exact) mass is 512 g/mol. The van der Waals surface area contributed by atoms with E-state index < -0.39 is 6.04 Å². The number of nitrogens with one attached hydrogen (secondary N) is 1. The first-order valence-electron chi connectivity index (χ1n) is 11.3. The first-order valence-corrected chi connectivity index (χ1v) is 12.4. The Balaban J connectivity index is 2.09. The van der Waals surface area contributed by atoms with Crippen LogP contribution in [0.4, 0.5) is 0 Å². The molecule has 0 radical (unpaired) electrons. The molecule has 0 aromatic heterocycles. The number of ether oxygens (including phenoxy) is 1. The van der Waals surface area contributed by atoms with E-state index in [9.17, 15) is 9.59 Å². The number of halogens is 3. The Morgan fingerprint density at radius 1 is 1.00 bits per heavy atom. The van der Waals surface area contributed by atoms with Crippen LogP contribution in [0.5, 0.6) is 5.75 Å². The number of carbonyl (C=O) groups is 2. The van der Waals surface area contributed by atoms with Crippen molar-refractivity contribution in [3.63, 3.8) is 0 Å². The minimum Gasteiger partial charge on any atom is -0.494 e. The molecule has 1 atom stereocenters. The van der Waals surface area contributed by atoms with Crippen molar-refractivity contribution in [3.05, 3.63) is 63.1 Å². The average Bonchev–Trinajstić information content (AvgIpc) is 2.79. The Morgan fingerprint density at radius 3 is 2.27 bits per heavy atom. The van der Waals surface area contributed by atoms with Crippen molar-refractivity contribution in [3.8, 4) is 5.75 Å². The fourth-order valence-corrected chi connectivity index (χ4v) is 4.01. The normalized spacial score (nSPS) is 11.7. The number of amides is 2. The fourth-order valence-electron chi connectivity index (χ4n) is 3.37. The molecule has 0 saturated heterocycles. The first-order chi connectivity index (χ1) is 15.9. The Kier molecular flexibility index (Phi) is 11.9. The van der Waals surface area contributed by atoms with Gasteiger partial charge < -0.3 is 15.0 Å². The highest BCUT2D eigenvalue weighted by molar-refractivity contribution is 6.36. The molecule has 0 heterocycles. The van der Waals surface area contributed by atoms with Crippen LogP contribution in [0.1, 0.15) is 51.5 Å². The maximum absolute atomic E-state index is 13.2. The van der Waals surface area contributed by atoms with Gasteiger partial charge in [0.25, 0.3) is 0 Å². The van der Waals surface area contributed by atoms with Crippen molar-refractivity contribution in [2.24, 2.45) is 0 Å². The van der Waals surface area contributed by atoms with Crippen LogP contribution in [0.15, 0.2) is 42.5 Å². The van der Waals surface area contributed by atoms with E-state index in [-0.39, 0.29) is 24.8 Å². The van der Waals surface area contributed by atoms with Gasteiger partial charge in [0.05, 0.1) is 6.61 Å². The lowest BCUT2D eigenvalue weighted by molar-refractivity contribution is -0.141. The van der Waals surface area contributed by atoms with E-state index in [2.05, 4.69) is 12.2 Å². The van der Waals surface area contributed by atoms with Crippen LogP contribution in [0.2, 0.25) is 15.1 Å². The number of carbonyl (C=O) groups excluding carboxylic acids is 2. The van der Waals surface area contributed by atoms with Crippen LogP contribution in [0.3, 0.4) is 0 Å². The number of unbranched alkanes of at least 4 members (excludes halogenated alkanes) is 1. The molecule has 0 bridgehead atoms. The standard InChI is InChI=1S/C25H31Cl3N2O3/c1-3-5-15-29-25(32)23(4-2)30(17-20-21(27)8-6-9-22(20)28)24(31)10-7-16-33-19-13-11-18(26)12-14-19/h6,8-9,11-14,23H,3-5,7,10,15-17H2,1-2H3,(H,29,32). The summed E-state index contributed by atoms with van der Waals surface area (Å²) in [6, 6.07) is 11.7. The second kappa shape index (κ2) is 14.3. The summed E-state index contributed by atoms with van der Waals surface area (Å²) in [6.45, 7) is 5.06. The van der Waals surface area contributed by atoms with E-state index in [0.29, 0.717) is 52.4 Å². The molecule has 1 N–H and O–H groups in total. The SMILES string of the molecule is CCCCNC(=O)C(CC)N(Cc1c(Cl)cccc1Cl)C(=O)CCCOc1ccc(Cl)cc1. The minimum absolute atomic E-state index is 0.150. The van der Waals surface area contributed by atoms with Gasteiger partial charge >= 0.3 is 0 Å². The zero-order valence-corrected chi connectivity index (χ0v) is 21.3. The fraction of sp³-hybridized carbons (Fsp3) is 0.440. The first kappa shape index (κ1) is 27.3. The highest BCUT2D eigenvalue weighted by Gasteiger charge is 2.29. The van der Waals surface area contributed by atoms with Crippen molar-refractivity contribution < 1.29 is 14.3 Å². The predicted molar refractivity (Wildman–Crippen MR) is 135 cm³/mol. The lowest BCUT2D eigenvalue weighted by Gasteiger charge is -2.31. The molecule has 1 unspecified atom stereocenters. The number of hydrogen-bond donors (Lipinski definition) is 1. The third kappa shape index (κ3) is 8.73. The molecule has 0 saturated carbocycles. The van der Waals surface area contributed by atoms with Crippen LogP contribution in [-0.2, 0) is 16.1 Å². The van der Waals surface area contributed by atoms with E-state index >= 15 is 0 Å². The molecule has 0 aliphatic heterocycles. The molecule has 180 valence electrons. The van der Waals surface area contributed by atoms with Crippen LogP contribution < -0.4 is 10.1 Å². The summed E-state index contributed by atoms with van der Waals surface area (Å²) in [7, 11) is 0. The zero-order valence-electron chi connectivity index (χ0n) is 19.1. The number of hydrogen-bond acceptors (Lipinski definition) is 3. The molecule has 8 heteroatoms. The third-order valence-corrected chi connectivity index (χ3v) is 6.18. The molecule has 5 nitrogen and oxygen atoms in total. The highest BCUT2D eigenvalue weighted by atomic mass is 35.5. The minimum atomic E-state index is -0.612. The van der Waals surface area contributed by atoms with Crippen LogP contribution in [-0.4, -0.2) is 35.9 Å². The summed E-state index contributed by atoms with van der Waals surface area (Å²) in [4.78, 5) is 27.7. The van der Waals surface area contributed by atoms with Gasteiger partial charge in [0.1, 0.15) is 11.8 Å². The van der Waals surface area contributed by atoms with Gasteiger partial charge in [-0.3, -0.25) is 9.59 Å². The maximum Gasteiger partial charge on any atom is 0.242 e. The van der Waals surface area contributed by atoms with Crippen LogP contribution >= 0.6 is 34.8 Å². The smallest absolute Gasteiger partial charge is 0.242 e. The van der Waals surface area contributed by atoms with E-state index in [4.69, 9.17) is 39.5 Å².